The van der Waals surface area contributed by atoms with Gasteiger partial charge in [0.15, 0.2) is 5.60 Å². The number of hydrogen-bond donors (Lipinski definition) is 1. The lowest BCUT2D eigenvalue weighted by Crippen LogP contribution is -2.39. The van der Waals surface area contributed by atoms with Gasteiger partial charge in [-0.2, -0.15) is 17.5 Å². The van der Waals surface area contributed by atoms with Gasteiger partial charge in [-0.15, -0.1) is 0 Å². The summed E-state index contributed by atoms with van der Waals surface area (Å²) in [6.07, 6.45) is -1.38. The molecule has 128 valence electrons. The average molecular weight is 349 g/mol. The minimum absolute atomic E-state index is 0.110. The molecule has 2 rings (SSSR count). The number of halogens is 3. The van der Waals surface area contributed by atoms with E-state index in [1.54, 1.807) is 0 Å². The zero-order chi connectivity index (χ0) is 17.3. The van der Waals surface area contributed by atoms with Gasteiger partial charge in [0.05, 0.1) is 4.90 Å². The van der Waals surface area contributed by atoms with Gasteiger partial charge < -0.3 is 5.11 Å². The summed E-state index contributed by atoms with van der Waals surface area (Å²) in [6.45, 7) is 1.62. The van der Waals surface area contributed by atoms with Crippen LogP contribution < -0.4 is 0 Å². The topological polar surface area (TPSA) is 57.6 Å². The quantitative estimate of drug-likeness (QED) is 0.909. The summed E-state index contributed by atoms with van der Waals surface area (Å²) in [5.41, 5.74) is -2.57. The van der Waals surface area contributed by atoms with Crippen molar-refractivity contribution in [3.8, 4) is 0 Å². The van der Waals surface area contributed by atoms with Crippen molar-refractivity contribution in [2.24, 2.45) is 0 Å². The Kier molecular flexibility index (Phi) is 4.89. The predicted molar refractivity (Wildman–Crippen MR) is 80.1 cm³/mol. The van der Waals surface area contributed by atoms with Gasteiger partial charge in [-0.1, -0.05) is 18.2 Å². The Morgan fingerprint density at radius 3 is 2.13 bits per heavy atom. The Bertz CT molecular complexity index is 673. The van der Waals surface area contributed by atoms with E-state index in [9.17, 15) is 26.7 Å². The zero-order valence-corrected chi connectivity index (χ0v) is 13.4. The van der Waals surface area contributed by atoms with Crippen LogP contribution in [0.3, 0.4) is 0 Å². The number of nitrogens with zero attached hydrogens (tertiary/aromatic N) is 1. The average Bonchev–Trinajstić information content (AvgIpc) is 2.99. The molecule has 1 aromatic rings. The normalized spacial score (nSPS) is 20.0. The highest BCUT2D eigenvalue weighted by Gasteiger charge is 2.47. The molecule has 0 saturated carbocycles. The molecule has 1 aliphatic rings. The Morgan fingerprint density at radius 1 is 1.13 bits per heavy atom. The van der Waals surface area contributed by atoms with Gasteiger partial charge in [0.2, 0.25) is 10.0 Å². The summed E-state index contributed by atoms with van der Waals surface area (Å²) in [5.74, 6) is 0. The highest BCUT2D eigenvalue weighted by molar-refractivity contribution is 7.89. The number of alkyl halides is 3. The van der Waals surface area contributed by atoms with Gasteiger partial charge >= 0.3 is 6.18 Å². The van der Waals surface area contributed by atoms with E-state index in [0.717, 1.165) is 18.9 Å². The van der Waals surface area contributed by atoms with Crippen LogP contribution in [0.4, 0.5) is 13.2 Å². The Balaban J connectivity index is 2.17. The van der Waals surface area contributed by atoms with Crippen LogP contribution in [0.15, 0.2) is 35.2 Å². The molecule has 1 aromatic carbocycles. The van der Waals surface area contributed by atoms with E-state index >= 15 is 0 Å². The molecule has 1 aliphatic heterocycles. The molecule has 8 heteroatoms. The van der Waals surface area contributed by atoms with Gasteiger partial charge in [0.25, 0.3) is 0 Å². The molecule has 23 heavy (non-hydrogen) atoms. The standard InChI is InChI=1S/C15H18F3NO3S/c1-14(20,15(16,17)18)9-8-12-4-6-13(7-5-12)23(21,22)19-10-2-3-11-19/h4-9,20H,2-3,10-11H2,1H3. The molecule has 0 bridgehead atoms. The van der Waals surface area contributed by atoms with Crippen molar-refractivity contribution >= 4 is 16.1 Å². The van der Waals surface area contributed by atoms with Crippen LogP contribution in [-0.4, -0.2) is 42.7 Å². The van der Waals surface area contributed by atoms with Crippen molar-refractivity contribution in [3.05, 3.63) is 35.9 Å². The van der Waals surface area contributed by atoms with Crippen molar-refractivity contribution < 1.29 is 26.7 Å². The maximum atomic E-state index is 12.5. The minimum atomic E-state index is -4.78. The lowest BCUT2D eigenvalue weighted by Gasteiger charge is -2.22. The van der Waals surface area contributed by atoms with E-state index in [4.69, 9.17) is 0 Å². The summed E-state index contributed by atoms with van der Waals surface area (Å²) >= 11 is 0. The van der Waals surface area contributed by atoms with Gasteiger partial charge in [-0.05, 0) is 43.5 Å². The molecule has 0 radical (unpaired) electrons. The fourth-order valence-electron chi connectivity index (χ4n) is 2.18. The van der Waals surface area contributed by atoms with Crippen LogP contribution in [0.1, 0.15) is 25.3 Å². The van der Waals surface area contributed by atoms with E-state index < -0.39 is 21.8 Å². The largest absolute Gasteiger partial charge is 0.420 e. The van der Waals surface area contributed by atoms with Gasteiger partial charge in [0.1, 0.15) is 0 Å². The molecule has 0 aromatic heterocycles. The van der Waals surface area contributed by atoms with Gasteiger partial charge in [0, 0.05) is 13.1 Å². The van der Waals surface area contributed by atoms with E-state index in [1.165, 1.54) is 28.6 Å². The molecule has 0 spiro atoms. The smallest absolute Gasteiger partial charge is 0.377 e. The van der Waals surface area contributed by atoms with Crippen molar-refractivity contribution in [3.63, 3.8) is 0 Å². The lowest BCUT2D eigenvalue weighted by molar-refractivity contribution is -0.232. The van der Waals surface area contributed by atoms with Crippen LogP contribution in [0, 0.1) is 0 Å². The molecule has 0 aliphatic carbocycles. The number of sulfonamides is 1. The molecular weight excluding hydrogens is 331 g/mol. The maximum Gasteiger partial charge on any atom is 0.420 e. The highest BCUT2D eigenvalue weighted by Crippen LogP contribution is 2.31. The molecule has 4 nitrogen and oxygen atoms in total. The molecule has 1 saturated heterocycles. The van der Waals surface area contributed by atoms with Gasteiger partial charge in [-0.25, -0.2) is 8.42 Å². The van der Waals surface area contributed by atoms with Crippen molar-refractivity contribution in [2.75, 3.05) is 13.1 Å². The van der Waals surface area contributed by atoms with Crippen molar-refractivity contribution in [1.82, 2.24) is 4.31 Å². The van der Waals surface area contributed by atoms with Crippen molar-refractivity contribution in [1.29, 1.82) is 0 Å². The monoisotopic (exact) mass is 349 g/mol. The number of rotatable bonds is 4. The summed E-state index contributed by atoms with van der Waals surface area (Å²) in [4.78, 5) is 0.110. The van der Waals surface area contributed by atoms with Crippen LogP contribution in [0.25, 0.3) is 6.08 Å². The first kappa shape index (κ1) is 18.0. The fraction of sp³-hybridized carbons (Fsp3) is 0.467. The van der Waals surface area contributed by atoms with Crippen molar-refractivity contribution in [2.45, 2.75) is 36.4 Å². The number of hydrogen-bond acceptors (Lipinski definition) is 3. The first-order chi connectivity index (χ1) is 10.5. The predicted octanol–water partition coefficient (Wildman–Crippen LogP) is 2.80. The highest BCUT2D eigenvalue weighted by atomic mass is 32.2. The van der Waals surface area contributed by atoms with Gasteiger partial charge in [-0.3, -0.25) is 0 Å². The van der Waals surface area contributed by atoms with E-state index in [1.807, 2.05) is 0 Å². The lowest BCUT2D eigenvalue weighted by atomic mass is 10.0. The first-order valence-corrected chi connectivity index (χ1v) is 8.57. The molecular formula is C15H18F3NO3S. The van der Waals surface area contributed by atoms with Crippen LogP contribution >= 0.6 is 0 Å². The summed E-state index contributed by atoms with van der Waals surface area (Å²) in [5, 5.41) is 9.33. The SMILES string of the molecule is CC(O)(C=Cc1ccc(S(=O)(=O)N2CCCC2)cc1)C(F)(F)F. The second-order valence-electron chi connectivity index (χ2n) is 5.66. The third-order valence-corrected chi connectivity index (χ3v) is 5.67. The van der Waals surface area contributed by atoms with Crippen LogP contribution in [-0.2, 0) is 10.0 Å². The van der Waals surface area contributed by atoms with E-state index in [0.29, 0.717) is 31.7 Å². The summed E-state index contributed by atoms with van der Waals surface area (Å²) in [6, 6.07) is 5.53. The van der Waals surface area contributed by atoms with E-state index in [2.05, 4.69) is 0 Å². The molecule has 1 heterocycles. The summed E-state index contributed by atoms with van der Waals surface area (Å²) in [7, 11) is -3.54. The third kappa shape index (κ3) is 3.94. The minimum Gasteiger partial charge on any atom is -0.377 e. The zero-order valence-electron chi connectivity index (χ0n) is 12.5. The molecule has 1 unspecified atom stereocenters. The molecule has 0 amide bonds. The Hall–Kier alpha value is -1.38. The maximum absolute atomic E-state index is 12.5. The summed E-state index contributed by atoms with van der Waals surface area (Å²) < 4.78 is 63.7. The first-order valence-electron chi connectivity index (χ1n) is 7.13. The second-order valence-corrected chi connectivity index (χ2v) is 7.60. The number of aliphatic hydroxyl groups is 1. The molecule has 1 atom stereocenters. The van der Waals surface area contributed by atoms with Crippen LogP contribution in [0.5, 0.6) is 0 Å². The third-order valence-electron chi connectivity index (χ3n) is 3.76. The number of benzene rings is 1. The fourth-order valence-corrected chi connectivity index (χ4v) is 3.70. The molecule has 1 N–H and O–H groups in total. The van der Waals surface area contributed by atoms with E-state index in [-0.39, 0.29) is 4.90 Å². The second kappa shape index (κ2) is 6.26. The van der Waals surface area contributed by atoms with Crippen LogP contribution in [0.2, 0.25) is 0 Å². The Morgan fingerprint density at radius 2 is 1.65 bits per heavy atom. The molecule has 1 fully saturated rings. The Labute approximate surface area is 133 Å².